The number of benzene rings is 1. The fraction of sp³-hybridized carbons (Fsp3) is 0.533. The normalized spacial score (nSPS) is 21.8. The number of nitrogens with one attached hydrogen (secondary N) is 1. The van der Waals surface area contributed by atoms with Gasteiger partial charge in [0.15, 0.2) is 0 Å². The van der Waals surface area contributed by atoms with Crippen molar-refractivity contribution >= 4 is 11.6 Å². The average molecular weight is 294 g/mol. The molecule has 0 aliphatic heterocycles. The maximum Gasteiger partial charge on any atom is 0.304 e. The van der Waals surface area contributed by atoms with Gasteiger partial charge in [0.05, 0.1) is 4.92 Å². The van der Waals surface area contributed by atoms with Crippen LogP contribution in [-0.4, -0.2) is 17.4 Å². The minimum absolute atomic E-state index is 0.113. The molecule has 0 spiro atoms. The topological polar surface area (TPSA) is 72.2 Å². The molecule has 1 fully saturated rings. The Morgan fingerprint density at radius 1 is 1.43 bits per heavy atom. The first-order valence-corrected chi connectivity index (χ1v) is 7.21. The van der Waals surface area contributed by atoms with E-state index in [9.17, 15) is 19.3 Å². The van der Waals surface area contributed by atoms with E-state index < -0.39 is 16.4 Å². The van der Waals surface area contributed by atoms with E-state index in [1.807, 2.05) is 0 Å². The molecule has 2 unspecified atom stereocenters. The summed E-state index contributed by atoms with van der Waals surface area (Å²) >= 11 is 0. The van der Waals surface area contributed by atoms with E-state index in [0.29, 0.717) is 18.4 Å². The summed E-state index contributed by atoms with van der Waals surface area (Å²) in [6, 6.07) is 3.21. The van der Waals surface area contributed by atoms with Crippen LogP contribution in [0.5, 0.6) is 0 Å². The second kappa shape index (κ2) is 6.65. The molecule has 5 nitrogen and oxygen atoms in total. The van der Waals surface area contributed by atoms with Crippen LogP contribution in [0.25, 0.3) is 0 Å². The Morgan fingerprint density at radius 2 is 2.14 bits per heavy atom. The summed E-state index contributed by atoms with van der Waals surface area (Å²) in [5, 5.41) is 13.3. The van der Waals surface area contributed by atoms with E-state index in [0.717, 1.165) is 18.6 Å². The maximum absolute atomic E-state index is 13.5. The summed E-state index contributed by atoms with van der Waals surface area (Å²) in [5.41, 5.74) is -0.506. The Labute approximate surface area is 122 Å². The van der Waals surface area contributed by atoms with Crippen LogP contribution >= 0.6 is 0 Å². The molecule has 2 rings (SSSR count). The molecule has 1 aliphatic rings. The molecular formula is C15H19FN2O3. The van der Waals surface area contributed by atoms with Crippen molar-refractivity contribution in [3.8, 4) is 0 Å². The van der Waals surface area contributed by atoms with Gasteiger partial charge in [-0.25, -0.2) is 0 Å². The number of amides is 1. The van der Waals surface area contributed by atoms with Crippen LogP contribution in [0, 0.1) is 27.8 Å². The Kier molecular flexibility index (Phi) is 4.88. The highest BCUT2D eigenvalue weighted by atomic mass is 19.1. The Morgan fingerprint density at radius 3 is 2.76 bits per heavy atom. The summed E-state index contributed by atoms with van der Waals surface area (Å²) in [4.78, 5) is 21.7. The van der Waals surface area contributed by atoms with E-state index in [1.165, 1.54) is 25.3 Å². The molecule has 1 aliphatic carbocycles. The lowest BCUT2D eigenvalue weighted by atomic mass is 9.80. The zero-order valence-electron chi connectivity index (χ0n) is 12.0. The number of hydrogen-bond donors (Lipinski definition) is 1. The first-order chi connectivity index (χ1) is 9.99. The number of hydrogen-bond acceptors (Lipinski definition) is 3. The van der Waals surface area contributed by atoms with Crippen molar-refractivity contribution in [2.45, 2.75) is 32.6 Å². The molecule has 6 heteroatoms. The van der Waals surface area contributed by atoms with Gasteiger partial charge in [-0.15, -0.1) is 0 Å². The maximum atomic E-state index is 13.5. The number of nitrogens with zero attached hydrogens (tertiary/aromatic N) is 1. The van der Waals surface area contributed by atoms with Crippen LogP contribution in [0.3, 0.4) is 0 Å². The van der Waals surface area contributed by atoms with E-state index in [2.05, 4.69) is 12.2 Å². The van der Waals surface area contributed by atoms with Crippen molar-refractivity contribution in [1.29, 1.82) is 0 Å². The van der Waals surface area contributed by atoms with E-state index in [1.54, 1.807) is 0 Å². The Hall–Kier alpha value is -1.98. The van der Waals surface area contributed by atoms with E-state index in [-0.39, 0.29) is 11.5 Å². The van der Waals surface area contributed by atoms with Crippen LogP contribution in [-0.2, 0) is 0 Å². The minimum atomic E-state index is -0.987. The standard InChI is InChI=1S/C15H19FN2O3/c1-10-4-2-3-5-12(10)9-17-15(19)11-6-7-14(18(20)21)13(16)8-11/h6-8,10,12H,2-5,9H2,1H3,(H,17,19). The minimum Gasteiger partial charge on any atom is -0.352 e. The lowest BCUT2D eigenvalue weighted by molar-refractivity contribution is -0.387. The molecule has 1 aromatic rings. The molecule has 0 bridgehead atoms. The van der Waals surface area contributed by atoms with Gasteiger partial charge in [0, 0.05) is 18.2 Å². The smallest absolute Gasteiger partial charge is 0.304 e. The number of nitro groups is 1. The van der Waals surface area contributed by atoms with Crippen molar-refractivity contribution in [2.24, 2.45) is 11.8 Å². The van der Waals surface area contributed by atoms with Crippen molar-refractivity contribution in [3.63, 3.8) is 0 Å². The molecule has 1 aromatic carbocycles. The van der Waals surface area contributed by atoms with Crippen LogP contribution in [0.15, 0.2) is 18.2 Å². The fourth-order valence-corrected chi connectivity index (χ4v) is 2.82. The molecular weight excluding hydrogens is 275 g/mol. The van der Waals surface area contributed by atoms with Gasteiger partial charge in [-0.1, -0.05) is 26.2 Å². The largest absolute Gasteiger partial charge is 0.352 e. The zero-order chi connectivity index (χ0) is 15.4. The molecule has 0 heterocycles. The first kappa shape index (κ1) is 15.4. The van der Waals surface area contributed by atoms with Gasteiger partial charge in [-0.2, -0.15) is 4.39 Å². The molecule has 0 aromatic heterocycles. The third-order valence-electron chi connectivity index (χ3n) is 4.22. The van der Waals surface area contributed by atoms with Gasteiger partial charge in [0.25, 0.3) is 5.91 Å². The van der Waals surface area contributed by atoms with Crippen LogP contribution in [0.1, 0.15) is 43.0 Å². The highest BCUT2D eigenvalue weighted by molar-refractivity contribution is 5.94. The summed E-state index contributed by atoms with van der Waals surface area (Å²) in [7, 11) is 0. The lowest BCUT2D eigenvalue weighted by Gasteiger charge is -2.28. The van der Waals surface area contributed by atoms with E-state index >= 15 is 0 Å². The van der Waals surface area contributed by atoms with Gasteiger partial charge in [-0.05, 0) is 30.4 Å². The van der Waals surface area contributed by atoms with Gasteiger partial charge < -0.3 is 5.32 Å². The fourth-order valence-electron chi connectivity index (χ4n) is 2.82. The van der Waals surface area contributed by atoms with Crippen LogP contribution < -0.4 is 5.32 Å². The monoisotopic (exact) mass is 294 g/mol. The number of carbonyl (C=O) groups is 1. The predicted octanol–water partition coefficient (Wildman–Crippen LogP) is 3.29. The molecule has 1 N–H and O–H groups in total. The Bertz CT molecular complexity index is 548. The summed E-state index contributed by atoms with van der Waals surface area (Å²) in [6.07, 6.45) is 4.68. The van der Waals surface area contributed by atoms with Crippen molar-refractivity contribution in [2.75, 3.05) is 6.54 Å². The molecule has 0 saturated heterocycles. The third-order valence-corrected chi connectivity index (χ3v) is 4.22. The average Bonchev–Trinajstić information content (AvgIpc) is 2.45. The SMILES string of the molecule is CC1CCCCC1CNC(=O)c1ccc([N+](=O)[O-])c(F)c1. The van der Waals surface area contributed by atoms with Gasteiger partial charge >= 0.3 is 5.69 Å². The molecule has 1 saturated carbocycles. The molecule has 114 valence electrons. The molecule has 21 heavy (non-hydrogen) atoms. The number of nitro benzene ring substituents is 1. The van der Waals surface area contributed by atoms with E-state index in [4.69, 9.17) is 0 Å². The molecule has 1 amide bonds. The summed E-state index contributed by atoms with van der Waals surface area (Å²) < 4.78 is 13.5. The Balaban J connectivity index is 1.97. The summed E-state index contributed by atoms with van der Waals surface area (Å²) in [5.74, 6) is -0.349. The quantitative estimate of drug-likeness (QED) is 0.684. The third kappa shape index (κ3) is 3.77. The number of carbonyl (C=O) groups excluding carboxylic acids is 1. The van der Waals surface area contributed by atoms with Crippen LogP contribution in [0.4, 0.5) is 10.1 Å². The second-order valence-electron chi connectivity index (χ2n) is 5.66. The van der Waals surface area contributed by atoms with Gasteiger partial charge in [-0.3, -0.25) is 14.9 Å². The van der Waals surface area contributed by atoms with Gasteiger partial charge in [0.2, 0.25) is 5.82 Å². The number of rotatable bonds is 4. The van der Waals surface area contributed by atoms with Crippen molar-refractivity contribution in [1.82, 2.24) is 5.32 Å². The molecule has 2 atom stereocenters. The summed E-state index contributed by atoms with van der Waals surface area (Å²) in [6.45, 7) is 2.75. The second-order valence-corrected chi connectivity index (χ2v) is 5.66. The zero-order valence-corrected chi connectivity index (χ0v) is 12.0. The van der Waals surface area contributed by atoms with Crippen molar-refractivity contribution in [3.05, 3.63) is 39.7 Å². The van der Waals surface area contributed by atoms with Crippen molar-refractivity contribution < 1.29 is 14.1 Å². The lowest BCUT2D eigenvalue weighted by Crippen LogP contribution is -2.33. The van der Waals surface area contributed by atoms with Gasteiger partial charge in [0.1, 0.15) is 0 Å². The predicted molar refractivity (Wildman–Crippen MR) is 76.5 cm³/mol. The first-order valence-electron chi connectivity index (χ1n) is 7.21. The number of halogens is 1. The molecule has 0 radical (unpaired) electrons. The van der Waals surface area contributed by atoms with Crippen LogP contribution in [0.2, 0.25) is 0 Å². The highest BCUT2D eigenvalue weighted by Crippen LogP contribution is 2.29. The highest BCUT2D eigenvalue weighted by Gasteiger charge is 2.22.